The number of carbonyl (C=O) groups is 1. The molecule has 3 aromatic heterocycles. The summed E-state index contributed by atoms with van der Waals surface area (Å²) in [5.74, 6) is 1.33. The third-order valence-electron chi connectivity index (χ3n) is 8.22. The average Bonchev–Trinajstić information content (AvgIpc) is 3.71. The largest absolute Gasteiger partial charge is 0.491 e. The Morgan fingerprint density at radius 1 is 0.870 bits per heavy atom. The van der Waals surface area contributed by atoms with Crippen LogP contribution in [0.15, 0.2) is 97.3 Å². The van der Waals surface area contributed by atoms with Gasteiger partial charge in [-0.2, -0.15) is 0 Å². The summed E-state index contributed by atoms with van der Waals surface area (Å²) in [7, 11) is 3.27. The molecule has 7 rings (SSSR count). The molecule has 1 aliphatic rings. The van der Waals surface area contributed by atoms with E-state index < -0.39 is 12.2 Å². The zero-order valence-corrected chi connectivity index (χ0v) is 25.7. The molecule has 1 fully saturated rings. The molecule has 10 nitrogen and oxygen atoms in total. The van der Waals surface area contributed by atoms with Gasteiger partial charge >= 0.3 is 6.09 Å². The highest BCUT2D eigenvalue weighted by Crippen LogP contribution is 2.31. The molecule has 0 unspecified atom stereocenters. The van der Waals surface area contributed by atoms with E-state index in [2.05, 4.69) is 11.1 Å². The maximum Gasteiger partial charge on any atom is 0.410 e. The van der Waals surface area contributed by atoms with E-state index in [-0.39, 0.29) is 12.7 Å². The van der Waals surface area contributed by atoms with Gasteiger partial charge in [0.15, 0.2) is 0 Å². The predicted molar refractivity (Wildman–Crippen MR) is 174 cm³/mol. The molecule has 6 aromatic rings. The zero-order chi connectivity index (χ0) is 31.5. The van der Waals surface area contributed by atoms with Gasteiger partial charge in [-0.25, -0.2) is 14.8 Å². The number of hydrogen-bond acceptors (Lipinski definition) is 8. The van der Waals surface area contributed by atoms with Gasteiger partial charge in [-0.1, -0.05) is 54.6 Å². The maximum atomic E-state index is 13.1. The van der Waals surface area contributed by atoms with E-state index in [1.54, 1.807) is 25.3 Å². The van der Waals surface area contributed by atoms with E-state index in [1.165, 1.54) is 0 Å². The highest BCUT2D eigenvalue weighted by atomic mass is 16.6. The lowest BCUT2D eigenvalue weighted by Crippen LogP contribution is -2.32. The van der Waals surface area contributed by atoms with Crippen molar-refractivity contribution < 1.29 is 28.5 Å². The predicted octanol–water partition coefficient (Wildman–Crippen LogP) is 6.14. The Hall–Kier alpha value is -5.19. The van der Waals surface area contributed by atoms with Crippen LogP contribution >= 0.6 is 0 Å². The van der Waals surface area contributed by atoms with Crippen LogP contribution in [0.3, 0.4) is 0 Å². The van der Waals surface area contributed by atoms with Gasteiger partial charge in [0, 0.05) is 31.9 Å². The first kappa shape index (κ1) is 29.5. The van der Waals surface area contributed by atoms with Crippen LogP contribution in [0.5, 0.6) is 11.5 Å². The molecule has 3 aromatic carbocycles. The number of pyridine rings is 2. The number of aromatic nitrogens is 3. The number of likely N-dealkylation sites (tertiary alicyclic amines) is 1. The normalized spacial score (nSPS) is 16.3. The number of carbonyl (C=O) groups excluding carboxylic acids is 1. The van der Waals surface area contributed by atoms with Crippen molar-refractivity contribution in [1.29, 1.82) is 0 Å². The first-order valence-electron chi connectivity index (χ1n) is 15.2. The number of para-hydroxylation sites is 1. The number of imidazole rings is 1. The number of hydrogen-bond donors (Lipinski definition) is 0. The second kappa shape index (κ2) is 13.0. The van der Waals surface area contributed by atoms with Gasteiger partial charge in [0.05, 0.1) is 37.3 Å². The monoisotopic (exact) mass is 618 g/mol. The van der Waals surface area contributed by atoms with Crippen LogP contribution in [0.4, 0.5) is 4.79 Å². The summed E-state index contributed by atoms with van der Waals surface area (Å²) in [6.45, 7) is 1.85. The number of methoxy groups -OCH3 is 2. The highest BCUT2D eigenvalue weighted by molar-refractivity contribution is 5.87. The Morgan fingerprint density at radius 3 is 2.57 bits per heavy atom. The second-order valence-corrected chi connectivity index (χ2v) is 11.2. The number of rotatable bonds is 10. The van der Waals surface area contributed by atoms with Crippen molar-refractivity contribution in [1.82, 2.24) is 19.3 Å². The van der Waals surface area contributed by atoms with Gasteiger partial charge in [-0.15, -0.1) is 0 Å². The summed E-state index contributed by atoms with van der Waals surface area (Å²) in [6.07, 6.45) is 2.58. The van der Waals surface area contributed by atoms with Crippen LogP contribution < -0.4 is 9.47 Å². The first-order valence-corrected chi connectivity index (χ1v) is 15.2. The molecule has 46 heavy (non-hydrogen) atoms. The lowest BCUT2D eigenvalue weighted by molar-refractivity contribution is 0.0344. The molecular formula is C36H34N4O6. The number of ether oxygens (including phenoxy) is 5. The van der Waals surface area contributed by atoms with Crippen molar-refractivity contribution in [3.8, 4) is 22.9 Å². The van der Waals surface area contributed by atoms with Gasteiger partial charge in [-0.3, -0.25) is 4.40 Å². The molecule has 0 spiro atoms. The Labute approximate surface area is 266 Å². The fraction of sp³-hybridized carbons (Fsp3) is 0.250. The molecule has 0 aliphatic carbocycles. The quantitative estimate of drug-likeness (QED) is 0.169. The first-order chi connectivity index (χ1) is 22.6. The van der Waals surface area contributed by atoms with Crippen LogP contribution in [0.25, 0.3) is 38.7 Å². The highest BCUT2D eigenvalue weighted by Gasteiger charge is 2.38. The Bertz CT molecular complexity index is 2010. The van der Waals surface area contributed by atoms with Crippen LogP contribution in [-0.4, -0.2) is 78.1 Å². The standard InChI is InChI=1S/C36H34N4O6/c1-42-16-17-44-28-14-15-40-30(20-37-34(40)19-28)29-13-12-26-8-5-9-31(35(26)38-29)46-33-22-39(21-32(33)43-2)36(41)45-23-24-10-11-25-6-3-4-7-27(25)18-24/h3-15,18-20,32-33H,16-17,21-23H2,1-2H3/t32-,33-/m0/s1. The minimum absolute atomic E-state index is 0.185. The minimum atomic E-state index is -0.403. The van der Waals surface area contributed by atoms with Crippen molar-refractivity contribution in [3.63, 3.8) is 0 Å². The molecule has 234 valence electrons. The van der Waals surface area contributed by atoms with Gasteiger partial charge < -0.3 is 28.6 Å². The molecule has 0 bridgehead atoms. The smallest absolute Gasteiger partial charge is 0.410 e. The number of benzene rings is 3. The fourth-order valence-electron chi connectivity index (χ4n) is 5.80. The molecule has 1 amide bonds. The van der Waals surface area contributed by atoms with E-state index in [1.807, 2.05) is 89.5 Å². The summed E-state index contributed by atoms with van der Waals surface area (Å²) in [4.78, 5) is 24.3. The molecule has 1 saturated heterocycles. The molecule has 10 heteroatoms. The third-order valence-corrected chi connectivity index (χ3v) is 8.22. The van der Waals surface area contributed by atoms with Crippen molar-refractivity contribution in [2.75, 3.05) is 40.5 Å². The molecule has 1 aliphatic heterocycles. The minimum Gasteiger partial charge on any atom is -0.491 e. The summed E-state index contributed by atoms with van der Waals surface area (Å²) >= 11 is 0. The molecule has 0 N–H and O–H groups in total. The lowest BCUT2D eigenvalue weighted by Gasteiger charge is -2.19. The van der Waals surface area contributed by atoms with Crippen molar-refractivity contribution in [2.45, 2.75) is 18.8 Å². The van der Waals surface area contributed by atoms with Gasteiger partial charge in [0.1, 0.15) is 48.1 Å². The number of fused-ring (bicyclic) bond motifs is 3. The molecule has 2 atom stereocenters. The summed E-state index contributed by atoms with van der Waals surface area (Å²) in [5, 5.41) is 3.19. The van der Waals surface area contributed by atoms with Crippen molar-refractivity contribution in [2.24, 2.45) is 0 Å². The van der Waals surface area contributed by atoms with Crippen molar-refractivity contribution in [3.05, 3.63) is 103 Å². The summed E-state index contributed by atoms with van der Waals surface area (Å²) in [6, 6.07) is 27.8. The van der Waals surface area contributed by atoms with E-state index in [0.29, 0.717) is 37.6 Å². The van der Waals surface area contributed by atoms with E-state index in [0.717, 1.165) is 44.5 Å². The number of amides is 1. The SMILES string of the molecule is COCCOc1ccn2c(-c3ccc4cccc(O[C@H]5CN(C(=O)OCc6ccc7ccccc7c6)C[C@@H]5OC)c4n3)cnc2c1. The Balaban J connectivity index is 1.07. The Kier molecular flexibility index (Phi) is 8.37. The van der Waals surface area contributed by atoms with Crippen LogP contribution in [0, 0.1) is 0 Å². The van der Waals surface area contributed by atoms with E-state index in [4.69, 9.17) is 28.7 Å². The average molecular weight is 619 g/mol. The van der Waals surface area contributed by atoms with E-state index in [9.17, 15) is 4.79 Å². The van der Waals surface area contributed by atoms with Gasteiger partial charge in [0.2, 0.25) is 0 Å². The topological polar surface area (TPSA) is 96.7 Å². The molecule has 0 radical (unpaired) electrons. The van der Waals surface area contributed by atoms with Crippen LogP contribution in [-0.2, 0) is 20.8 Å². The summed E-state index contributed by atoms with van der Waals surface area (Å²) in [5.41, 5.74) is 3.98. The molecule has 0 saturated carbocycles. The van der Waals surface area contributed by atoms with Gasteiger partial charge in [0.25, 0.3) is 0 Å². The summed E-state index contributed by atoms with van der Waals surface area (Å²) < 4.78 is 30.7. The fourth-order valence-corrected chi connectivity index (χ4v) is 5.80. The molecular weight excluding hydrogens is 584 g/mol. The number of nitrogens with zero attached hydrogens (tertiary/aromatic N) is 4. The van der Waals surface area contributed by atoms with Gasteiger partial charge in [-0.05, 0) is 40.6 Å². The maximum absolute atomic E-state index is 13.1. The zero-order valence-electron chi connectivity index (χ0n) is 25.7. The lowest BCUT2D eigenvalue weighted by atomic mass is 10.1. The third kappa shape index (κ3) is 6.04. The van der Waals surface area contributed by atoms with Crippen LogP contribution in [0.2, 0.25) is 0 Å². The van der Waals surface area contributed by atoms with Crippen LogP contribution in [0.1, 0.15) is 5.56 Å². The second-order valence-electron chi connectivity index (χ2n) is 11.2. The molecule has 4 heterocycles. The van der Waals surface area contributed by atoms with E-state index >= 15 is 0 Å². The Morgan fingerprint density at radius 2 is 1.70 bits per heavy atom. The van der Waals surface area contributed by atoms with Crippen molar-refractivity contribution >= 4 is 33.4 Å².